The van der Waals surface area contributed by atoms with E-state index in [4.69, 9.17) is 0 Å². The normalized spacial score (nSPS) is 64.6. The standard InChI is InChI=1S/C22H33NO2/c1-4-23-11-20(3)7-5-8-22-15(20)10-14(18(22)23)21-9-6-13(12(2)19(21)25)16(24)17(21)22/h13-19,24-25H,2,4-11H2,1,3H3/t13?,14?,15-,16+,17?,18-,19-,20+,21?,22+/m0/s1. The number of nitrogens with zero attached hydrogens (tertiary/aromatic N) is 1. The first-order chi connectivity index (χ1) is 11.9. The zero-order valence-electron chi connectivity index (χ0n) is 15.7. The van der Waals surface area contributed by atoms with Gasteiger partial charge in [0.05, 0.1) is 12.2 Å². The highest BCUT2D eigenvalue weighted by molar-refractivity contribution is 5.38. The van der Waals surface area contributed by atoms with Crippen LogP contribution in [-0.2, 0) is 0 Å². The van der Waals surface area contributed by atoms with Gasteiger partial charge in [0.1, 0.15) is 0 Å². The van der Waals surface area contributed by atoms with Crippen molar-refractivity contribution >= 4 is 0 Å². The van der Waals surface area contributed by atoms with Crippen LogP contribution >= 0.6 is 0 Å². The zero-order valence-corrected chi connectivity index (χ0v) is 15.7. The maximum absolute atomic E-state index is 11.5. The highest BCUT2D eigenvalue weighted by Gasteiger charge is 2.84. The van der Waals surface area contributed by atoms with Gasteiger partial charge >= 0.3 is 0 Å². The average Bonchev–Trinajstić information content (AvgIpc) is 2.99. The number of aliphatic hydroxyl groups excluding tert-OH is 2. The summed E-state index contributed by atoms with van der Waals surface area (Å²) in [6.45, 7) is 11.5. The van der Waals surface area contributed by atoms with Gasteiger partial charge < -0.3 is 10.2 Å². The molecule has 3 nitrogen and oxygen atoms in total. The number of likely N-dealkylation sites (tertiary alicyclic amines) is 1. The Hall–Kier alpha value is -0.380. The van der Waals surface area contributed by atoms with Gasteiger partial charge in [-0.2, -0.15) is 0 Å². The number of aliphatic hydroxyl groups is 2. The van der Waals surface area contributed by atoms with E-state index in [1.807, 2.05) is 0 Å². The van der Waals surface area contributed by atoms with Gasteiger partial charge in [-0.25, -0.2) is 0 Å². The highest BCUT2D eigenvalue weighted by Crippen LogP contribution is 2.83. The molecule has 7 fully saturated rings. The predicted octanol–water partition coefficient (Wildman–Crippen LogP) is 2.82. The van der Waals surface area contributed by atoms with E-state index in [-0.39, 0.29) is 29.0 Å². The monoisotopic (exact) mass is 343 g/mol. The zero-order chi connectivity index (χ0) is 17.4. The van der Waals surface area contributed by atoms with Crippen molar-refractivity contribution in [2.24, 2.45) is 39.9 Å². The molecule has 1 aliphatic heterocycles. The van der Waals surface area contributed by atoms with Crippen molar-refractivity contribution in [1.82, 2.24) is 4.90 Å². The van der Waals surface area contributed by atoms with Crippen molar-refractivity contribution < 1.29 is 10.2 Å². The lowest BCUT2D eigenvalue weighted by Crippen LogP contribution is -2.69. The SMILES string of the molecule is C=C1C2CCC3(C4C[C@H]5[C@]6(C)CCC[C@@]5(C3[C@@H]2O)[C@H]4N(CC)C6)[C@H]1O. The lowest BCUT2D eigenvalue weighted by atomic mass is 9.39. The van der Waals surface area contributed by atoms with Crippen molar-refractivity contribution in [1.29, 1.82) is 0 Å². The molecule has 0 amide bonds. The van der Waals surface area contributed by atoms with Crippen LogP contribution < -0.4 is 0 Å². The molecule has 0 aromatic carbocycles. The minimum absolute atomic E-state index is 0.0809. The van der Waals surface area contributed by atoms with Gasteiger partial charge in [0, 0.05) is 29.8 Å². The number of piperidine rings is 1. The molecule has 2 spiro atoms. The Kier molecular flexibility index (Phi) is 2.73. The maximum atomic E-state index is 11.5. The van der Waals surface area contributed by atoms with Crippen molar-refractivity contribution in [2.45, 2.75) is 70.6 Å². The fourth-order valence-corrected chi connectivity index (χ4v) is 10.1. The summed E-state index contributed by atoms with van der Waals surface area (Å²) < 4.78 is 0. The van der Waals surface area contributed by atoms with Crippen LogP contribution in [0.3, 0.4) is 0 Å². The van der Waals surface area contributed by atoms with E-state index in [1.165, 1.54) is 32.2 Å². The van der Waals surface area contributed by atoms with Crippen LogP contribution in [0, 0.1) is 39.9 Å². The van der Waals surface area contributed by atoms with Gasteiger partial charge in [-0.3, -0.25) is 4.90 Å². The van der Waals surface area contributed by atoms with Gasteiger partial charge in [0.2, 0.25) is 0 Å². The van der Waals surface area contributed by atoms with Gasteiger partial charge in [0.25, 0.3) is 0 Å². The van der Waals surface area contributed by atoms with Crippen LogP contribution in [0.1, 0.15) is 52.4 Å². The van der Waals surface area contributed by atoms with E-state index in [9.17, 15) is 10.2 Å². The van der Waals surface area contributed by atoms with Crippen molar-refractivity contribution in [3.63, 3.8) is 0 Å². The van der Waals surface area contributed by atoms with E-state index < -0.39 is 0 Å². The fourth-order valence-electron chi connectivity index (χ4n) is 10.1. The number of fused-ring (bicyclic) bond motifs is 2. The van der Waals surface area contributed by atoms with E-state index in [2.05, 4.69) is 25.3 Å². The molecular formula is C22H33NO2. The predicted molar refractivity (Wildman–Crippen MR) is 96.8 cm³/mol. The maximum Gasteiger partial charge on any atom is 0.0814 e. The lowest BCUT2D eigenvalue weighted by molar-refractivity contribution is -0.227. The topological polar surface area (TPSA) is 43.7 Å². The quantitative estimate of drug-likeness (QED) is 0.720. The lowest BCUT2D eigenvalue weighted by Gasteiger charge is -2.68. The van der Waals surface area contributed by atoms with Crippen molar-refractivity contribution in [3.8, 4) is 0 Å². The highest BCUT2D eigenvalue weighted by atomic mass is 16.3. The van der Waals surface area contributed by atoms with Crippen LogP contribution in [0.2, 0.25) is 0 Å². The minimum atomic E-state index is -0.377. The Morgan fingerprint density at radius 2 is 2.00 bits per heavy atom. The molecule has 7 aliphatic rings. The Balaban J connectivity index is 1.60. The van der Waals surface area contributed by atoms with Crippen LogP contribution in [-0.4, -0.2) is 46.5 Å². The Bertz CT molecular complexity index is 662. The average molecular weight is 344 g/mol. The molecule has 10 atom stereocenters. The molecule has 25 heavy (non-hydrogen) atoms. The summed E-state index contributed by atoms with van der Waals surface area (Å²) in [5.41, 5.74) is 1.54. The Morgan fingerprint density at radius 1 is 1.20 bits per heavy atom. The molecule has 0 aromatic rings. The van der Waals surface area contributed by atoms with Crippen LogP contribution in [0.5, 0.6) is 0 Å². The van der Waals surface area contributed by atoms with Gasteiger partial charge in [-0.15, -0.1) is 0 Å². The first kappa shape index (κ1) is 15.7. The first-order valence-corrected chi connectivity index (χ1v) is 10.7. The van der Waals surface area contributed by atoms with Gasteiger partial charge in [-0.05, 0) is 66.9 Å². The fraction of sp³-hybridized carbons (Fsp3) is 0.909. The largest absolute Gasteiger partial charge is 0.392 e. The van der Waals surface area contributed by atoms with Crippen LogP contribution in [0.4, 0.5) is 0 Å². The third-order valence-corrected chi connectivity index (χ3v) is 10.5. The van der Waals surface area contributed by atoms with Crippen LogP contribution in [0.25, 0.3) is 0 Å². The second-order valence-corrected chi connectivity index (χ2v) is 10.7. The molecule has 6 aliphatic carbocycles. The molecule has 4 unspecified atom stereocenters. The van der Waals surface area contributed by atoms with Crippen LogP contribution in [0.15, 0.2) is 12.2 Å². The van der Waals surface area contributed by atoms with E-state index in [0.29, 0.717) is 23.3 Å². The third-order valence-electron chi connectivity index (χ3n) is 10.5. The van der Waals surface area contributed by atoms with E-state index in [0.717, 1.165) is 30.9 Å². The summed E-state index contributed by atoms with van der Waals surface area (Å²) >= 11 is 0. The van der Waals surface area contributed by atoms with Crippen molar-refractivity contribution in [3.05, 3.63) is 12.2 Å². The smallest absolute Gasteiger partial charge is 0.0814 e. The summed E-state index contributed by atoms with van der Waals surface area (Å²) in [4.78, 5) is 2.77. The summed E-state index contributed by atoms with van der Waals surface area (Å²) in [6, 6.07) is 0.592. The number of hydrogen-bond donors (Lipinski definition) is 2. The second-order valence-electron chi connectivity index (χ2n) is 10.7. The van der Waals surface area contributed by atoms with E-state index in [1.54, 1.807) is 0 Å². The molecule has 0 aromatic heterocycles. The molecule has 7 rings (SSSR count). The number of rotatable bonds is 1. The Morgan fingerprint density at radius 3 is 2.76 bits per heavy atom. The Labute approximate surface area is 151 Å². The third kappa shape index (κ3) is 1.34. The molecule has 0 radical (unpaired) electrons. The van der Waals surface area contributed by atoms with Crippen molar-refractivity contribution in [2.75, 3.05) is 13.1 Å². The van der Waals surface area contributed by atoms with Gasteiger partial charge in [0.15, 0.2) is 0 Å². The summed E-state index contributed by atoms with van der Waals surface area (Å²) in [5, 5.41) is 22.9. The molecule has 7 bridgehead atoms. The molecule has 1 heterocycles. The summed E-state index contributed by atoms with van der Waals surface area (Å²) in [5.74, 6) is 1.77. The van der Waals surface area contributed by atoms with Gasteiger partial charge in [-0.1, -0.05) is 26.8 Å². The molecular weight excluding hydrogens is 310 g/mol. The summed E-state index contributed by atoms with van der Waals surface area (Å²) in [6.07, 6.45) is 6.75. The molecule has 3 heteroatoms. The summed E-state index contributed by atoms with van der Waals surface area (Å²) in [7, 11) is 0. The molecule has 138 valence electrons. The molecule has 2 N–H and O–H groups in total. The molecule has 6 saturated carbocycles. The second kappa shape index (κ2) is 4.36. The minimum Gasteiger partial charge on any atom is -0.392 e. The number of hydrogen-bond acceptors (Lipinski definition) is 3. The first-order valence-electron chi connectivity index (χ1n) is 10.7. The molecule has 1 saturated heterocycles. The van der Waals surface area contributed by atoms with E-state index >= 15 is 0 Å².